The van der Waals surface area contributed by atoms with Crippen LogP contribution in [0.25, 0.3) is 0 Å². The Morgan fingerprint density at radius 2 is 2.25 bits per heavy atom. The lowest BCUT2D eigenvalue weighted by Gasteiger charge is -1.78. The molecule has 1 heterocycles. The van der Waals surface area contributed by atoms with Crippen molar-refractivity contribution in [2.75, 3.05) is 7.05 Å². The maximum absolute atomic E-state index is 3.82. The van der Waals surface area contributed by atoms with E-state index in [0.29, 0.717) is 0 Å². The van der Waals surface area contributed by atoms with E-state index in [1.54, 1.807) is 0 Å². The first kappa shape index (κ1) is 5.29. The number of hydrogen-bond acceptors (Lipinski definition) is 0. The SMILES string of the molecule is C=C1C=[N+](C)C=C1C. The van der Waals surface area contributed by atoms with E-state index in [1.807, 2.05) is 17.8 Å². The second-order valence-corrected chi connectivity index (χ2v) is 2.13. The van der Waals surface area contributed by atoms with Gasteiger partial charge < -0.3 is 0 Å². The van der Waals surface area contributed by atoms with Gasteiger partial charge in [0.25, 0.3) is 0 Å². The van der Waals surface area contributed by atoms with Gasteiger partial charge >= 0.3 is 0 Å². The Kier molecular flexibility index (Phi) is 1.05. The van der Waals surface area contributed by atoms with Crippen LogP contribution in [0.2, 0.25) is 0 Å². The molecule has 0 aromatic carbocycles. The molecule has 0 saturated carbocycles. The Morgan fingerprint density at radius 3 is 2.38 bits per heavy atom. The summed E-state index contributed by atoms with van der Waals surface area (Å²) in [6.07, 6.45) is 4.07. The van der Waals surface area contributed by atoms with Crippen LogP contribution >= 0.6 is 0 Å². The molecule has 0 amide bonds. The zero-order valence-electron chi connectivity index (χ0n) is 5.31. The fourth-order valence-corrected chi connectivity index (χ4v) is 0.773. The van der Waals surface area contributed by atoms with Crippen molar-refractivity contribution in [1.82, 2.24) is 0 Å². The molecule has 0 atom stereocenters. The summed E-state index contributed by atoms with van der Waals surface area (Å²) in [4.78, 5) is 0. The molecule has 0 aliphatic carbocycles. The van der Waals surface area contributed by atoms with Gasteiger partial charge in [-0.25, -0.2) is 4.58 Å². The van der Waals surface area contributed by atoms with Gasteiger partial charge in [0.05, 0.1) is 0 Å². The first-order chi connectivity index (χ1) is 3.70. The summed E-state index contributed by atoms with van der Waals surface area (Å²) in [6, 6.07) is 0. The van der Waals surface area contributed by atoms with Crippen LogP contribution in [0, 0.1) is 0 Å². The molecule has 0 fully saturated rings. The van der Waals surface area contributed by atoms with Crippen molar-refractivity contribution in [1.29, 1.82) is 0 Å². The molecule has 0 saturated heterocycles. The van der Waals surface area contributed by atoms with Crippen LogP contribution in [0.1, 0.15) is 6.92 Å². The summed E-state index contributed by atoms with van der Waals surface area (Å²) in [5.41, 5.74) is 2.38. The van der Waals surface area contributed by atoms with Gasteiger partial charge in [0.1, 0.15) is 7.05 Å². The van der Waals surface area contributed by atoms with Crippen molar-refractivity contribution >= 4 is 6.21 Å². The average Bonchev–Trinajstić information content (AvgIpc) is 1.85. The number of nitrogens with zero attached hydrogens (tertiary/aromatic N) is 1. The molecule has 0 bridgehead atoms. The lowest BCUT2D eigenvalue weighted by molar-refractivity contribution is -0.413. The molecule has 0 aromatic rings. The van der Waals surface area contributed by atoms with Gasteiger partial charge in [-0.05, 0) is 6.92 Å². The highest BCUT2D eigenvalue weighted by Crippen LogP contribution is 2.08. The van der Waals surface area contributed by atoms with Crippen molar-refractivity contribution in [3.63, 3.8) is 0 Å². The Labute approximate surface area is 49.6 Å². The molecule has 1 aliphatic heterocycles. The highest BCUT2D eigenvalue weighted by atomic mass is 14.9. The van der Waals surface area contributed by atoms with Gasteiger partial charge in [0.15, 0.2) is 12.4 Å². The highest BCUT2D eigenvalue weighted by molar-refractivity contribution is 5.81. The minimum absolute atomic E-state index is 1.12. The van der Waals surface area contributed by atoms with Gasteiger partial charge in [-0.3, -0.25) is 0 Å². The monoisotopic (exact) mass is 108 g/mol. The van der Waals surface area contributed by atoms with E-state index in [-0.39, 0.29) is 0 Å². The maximum atomic E-state index is 3.82. The van der Waals surface area contributed by atoms with Crippen molar-refractivity contribution in [2.24, 2.45) is 0 Å². The molecule has 42 valence electrons. The van der Waals surface area contributed by atoms with Crippen LogP contribution in [-0.2, 0) is 0 Å². The van der Waals surface area contributed by atoms with Crippen molar-refractivity contribution in [3.8, 4) is 0 Å². The summed E-state index contributed by atoms with van der Waals surface area (Å²) < 4.78 is 2.01. The molecule has 1 heteroatoms. The minimum Gasteiger partial charge on any atom is -0.207 e. The van der Waals surface area contributed by atoms with E-state index >= 15 is 0 Å². The zero-order valence-corrected chi connectivity index (χ0v) is 5.31. The van der Waals surface area contributed by atoms with Crippen LogP contribution in [0.4, 0.5) is 0 Å². The lowest BCUT2D eigenvalue weighted by Crippen LogP contribution is -1.89. The van der Waals surface area contributed by atoms with E-state index in [0.717, 1.165) is 5.57 Å². The third-order valence-corrected chi connectivity index (χ3v) is 1.26. The number of allylic oxidation sites excluding steroid dienone is 2. The van der Waals surface area contributed by atoms with Crippen LogP contribution in [-0.4, -0.2) is 17.8 Å². The Bertz CT molecular complexity index is 182. The fraction of sp³-hybridized carbons (Fsp3) is 0.286. The molecular weight excluding hydrogens is 98.1 g/mol. The molecule has 0 unspecified atom stereocenters. The van der Waals surface area contributed by atoms with Crippen LogP contribution in [0.15, 0.2) is 23.9 Å². The van der Waals surface area contributed by atoms with E-state index in [4.69, 9.17) is 0 Å². The van der Waals surface area contributed by atoms with Gasteiger partial charge in [-0.1, -0.05) is 6.58 Å². The van der Waals surface area contributed by atoms with E-state index in [2.05, 4.69) is 19.7 Å². The second-order valence-electron chi connectivity index (χ2n) is 2.13. The highest BCUT2D eigenvalue weighted by Gasteiger charge is 2.07. The van der Waals surface area contributed by atoms with E-state index in [1.165, 1.54) is 5.57 Å². The summed E-state index contributed by atoms with van der Waals surface area (Å²) in [5, 5.41) is 0. The summed E-state index contributed by atoms with van der Waals surface area (Å²) in [6.45, 7) is 5.88. The molecular formula is C7H10N+. The third kappa shape index (κ3) is 0.713. The Balaban J connectivity index is 2.95. The first-order valence-electron chi connectivity index (χ1n) is 2.64. The van der Waals surface area contributed by atoms with Crippen LogP contribution < -0.4 is 0 Å². The first-order valence-corrected chi connectivity index (χ1v) is 2.64. The van der Waals surface area contributed by atoms with Gasteiger partial charge in [0.2, 0.25) is 0 Å². The summed E-state index contributed by atoms with van der Waals surface area (Å²) >= 11 is 0. The van der Waals surface area contributed by atoms with Crippen molar-refractivity contribution in [3.05, 3.63) is 23.9 Å². The minimum atomic E-state index is 1.12. The Hall–Kier alpha value is -0.850. The zero-order chi connectivity index (χ0) is 6.15. The predicted octanol–water partition coefficient (Wildman–Crippen LogP) is 1.17. The number of rotatable bonds is 0. The third-order valence-electron chi connectivity index (χ3n) is 1.26. The average molecular weight is 108 g/mol. The fourth-order valence-electron chi connectivity index (χ4n) is 0.773. The van der Waals surface area contributed by atoms with Gasteiger partial charge in [-0.15, -0.1) is 0 Å². The maximum Gasteiger partial charge on any atom is 0.175 e. The smallest absolute Gasteiger partial charge is 0.175 e. The molecule has 8 heavy (non-hydrogen) atoms. The van der Waals surface area contributed by atoms with Gasteiger partial charge in [-0.2, -0.15) is 0 Å². The lowest BCUT2D eigenvalue weighted by atomic mass is 10.2. The van der Waals surface area contributed by atoms with Crippen LogP contribution in [0.5, 0.6) is 0 Å². The van der Waals surface area contributed by atoms with Crippen LogP contribution in [0.3, 0.4) is 0 Å². The van der Waals surface area contributed by atoms with Gasteiger partial charge in [0, 0.05) is 11.1 Å². The second kappa shape index (κ2) is 1.58. The molecule has 1 rings (SSSR count). The van der Waals surface area contributed by atoms with E-state index in [9.17, 15) is 0 Å². The number of hydrogen-bond donors (Lipinski definition) is 0. The predicted molar refractivity (Wildman–Crippen MR) is 35.1 cm³/mol. The molecule has 1 aliphatic rings. The quantitative estimate of drug-likeness (QED) is 0.410. The molecule has 0 radical (unpaired) electrons. The largest absolute Gasteiger partial charge is 0.207 e. The summed E-state index contributed by atoms with van der Waals surface area (Å²) in [7, 11) is 2.00. The molecule has 1 nitrogen and oxygen atoms in total. The normalized spacial score (nSPS) is 18.5. The standard InChI is InChI=1S/C7H10N/c1-6-4-8(3)5-7(6)2/h4-5H,1H2,2-3H3/q+1. The van der Waals surface area contributed by atoms with Crippen molar-refractivity contribution in [2.45, 2.75) is 6.92 Å². The molecule has 0 N–H and O–H groups in total. The Morgan fingerprint density at radius 1 is 1.62 bits per heavy atom. The molecule has 0 aromatic heterocycles. The molecule has 0 spiro atoms. The van der Waals surface area contributed by atoms with Crippen molar-refractivity contribution < 1.29 is 4.58 Å². The topological polar surface area (TPSA) is 3.01 Å². The summed E-state index contributed by atoms with van der Waals surface area (Å²) in [5.74, 6) is 0. The van der Waals surface area contributed by atoms with E-state index < -0.39 is 0 Å².